The number of halogens is 6. The second-order valence-corrected chi connectivity index (χ2v) is 9.88. The average Bonchev–Trinajstić information content (AvgIpc) is 3.36. The fourth-order valence-electron chi connectivity index (χ4n) is 2.89. The van der Waals surface area contributed by atoms with Crippen LogP contribution in [0, 0.1) is 0 Å². The van der Waals surface area contributed by atoms with Gasteiger partial charge in [-0.2, -0.15) is 0 Å². The third kappa shape index (κ3) is 3.46. The van der Waals surface area contributed by atoms with E-state index in [4.69, 9.17) is 83.8 Å². The Morgan fingerprint density at radius 3 is 1.15 bits per heavy atom. The van der Waals surface area contributed by atoms with E-state index in [1.165, 1.54) is 0 Å². The first kappa shape index (κ1) is 20.3. The maximum Gasteiger partial charge on any atom is 0.266 e. The van der Waals surface area contributed by atoms with Crippen LogP contribution >= 0.6 is 69.6 Å². The summed E-state index contributed by atoms with van der Waals surface area (Å²) in [4.78, 5) is 0. The van der Waals surface area contributed by atoms with E-state index in [0.29, 0.717) is 11.1 Å². The zero-order valence-corrected chi connectivity index (χ0v) is 18.0. The molecule has 0 radical (unpaired) electrons. The maximum atomic E-state index is 6.55. The summed E-state index contributed by atoms with van der Waals surface area (Å²) in [6.07, 6.45) is -1.77. The molecule has 2 heterocycles. The Hall–Kier alpha value is 0.0600. The molecule has 2 aliphatic rings. The van der Waals surface area contributed by atoms with E-state index in [9.17, 15) is 0 Å². The highest BCUT2D eigenvalue weighted by Crippen LogP contribution is 2.69. The predicted octanol–water partition coefficient (Wildman–Crippen LogP) is 6.68. The molecule has 0 aliphatic carbocycles. The molecule has 0 amide bonds. The first-order valence-electron chi connectivity index (χ1n) is 7.90. The van der Waals surface area contributed by atoms with Gasteiger partial charge in [-0.1, -0.05) is 130 Å². The smallest absolute Gasteiger partial charge is 0.266 e. The number of rotatable bonds is 6. The molecule has 4 rings (SSSR count). The van der Waals surface area contributed by atoms with Crippen molar-refractivity contribution in [3.8, 4) is 0 Å². The van der Waals surface area contributed by atoms with Crippen LogP contribution in [0.25, 0.3) is 0 Å². The van der Waals surface area contributed by atoms with Crippen molar-refractivity contribution in [1.29, 1.82) is 0 Å². The van der Waals surface area contributed by atoms with Crippen molar-refractivity contribution in [3.05, 3.63) is 71.8 Å². The largest absolute Gasteiger partial charge is 0.356 e. The summed E-state index contributed by atoms with van der Waals surface area (Å²) in [5, 5.41) is -3.04. The molecule has 0 saturated carbocycles. The van der Waals surface area contributed by atoms with E-state index in [0.717, 1.165) is 0 Å². The maximum absolute atomic E-state index is 6.55. The zero-order valence-electron chi connectivity index (χ0n) is 13.4. The van der Waals surface area contributed by atoms with Gasteiger partial charge in [0.1, 0.15) is 12.2 Å². The van der Waals surface area contributed by atoms with Crippen molar-refractivity contribution in [2.45, 2.75) is 31.4 Å². The van der Waals surface area contributed by atoms with Crippen molar-refractivity contribution in [1.82, 2.24) is 0 Å². The number of alkyl halides is 6. The van der Waals surface area contributed by atoms with E-state index < -0.39 is 31.4 Å². The van der Waals surface area contributed by atoms with Gasteiger partial charge in [-0.25, -0.2) is 0 Å². The third-order valence-corrected chi connectivity index (χ3v) is 7.32. The lowest BCUT2D eigenvalue weighted by molar-refractivity contribution is -0.0583. The van der Waals surface area contributed by atoms with Crippen molar-refractivity contribution in [2.75, 3.05) is 0 Å². The van der Waals surface area contributed by atoms with Crippen LogP contribution in [0.3, 0.4) is 0 Å². The highest BCUT2D eigenvalue weighted by molar-refractivity contribution is 6.55. The molecule has 9 heteroatoms. The van der Waals surface area contributed by atoms with Crippen LogP contribution in [0.5, 0.6) is 0 Å². The van der Waals surface area contributed by atoms with Crippen LogP contribution in [0.2, 0.25) is 0 Å². The van der Waals surface area contributed by atoms with Gasteiger partial charge in [0.05, 0.1) is 0 Å². The predicted molar refractivity (Wildman–Crippen MR) is 108 cm³/mol. The van der Waals surface area contributed by atoms with Gasteiger partial charge in [0.2, 0.25) is 10.1 Å². The molecule has 4 unspecified atom stereocenters. The van der Waals surface area contributed by atoms with E-state index in [1.54, 1.807) is 0 Å². The van der Waals surface area contributed by atoms with Crippen LogP contribution in [-0.2, 0) is 14.2 Å². The van der Waals surface area contributed by atoms with Gasteiger partial charge in [0.25, 0.3) is 9.04 Å². The molecule has 0 bridgehead atoms. The molecule has 2 fully saturated rings. The number of ether oxygens (including phenoxy) is 3. The van der Waals surface area contributed by atoms with E-state index in [1.807, 2.05) is 60.7 Å². The Morgan fingerprint density at radius 1 is 0.593 bits per heavy atom. The van der Waals surface area contributed by atoms with Gasteiger partial charge in [-0.3, -0.25) is 0 Å². The summed E-state index contributed by atoms with van der Waals surface area (Å²) < 4.78 is 13.7. The van der Waals surface area contributed by atoms with Crippen LogP contribution in [0.4, 0.5) is 0 Å². The zero-order chi connectivity index (χ0) is 19.5. The second kappa shape index (κ2) is 6.80. The molecule has 2 aliphatic heterocycles. The van der Waals surface area contributed by atoms with Crippen LogP contribution < -0.4 is 0 Å². The molecule has 0 aromatic heterocycles. The van der Waals surface area contributed by atoms with Crippen molar-refractivity contribution in [3.63, 3.8) is 0 Å². The first-order valence-corrected chi connectivity index (χ1v) is 10.2. The van der Waals surface area contributed by atoms with E-state index in [2.05, 4.69) is 0 Å². The molecule has 144 valence electrons. The number of hydrogen-bond acceptors (Lipinski definition) is 3. The Kier molecular flexibility index (Phi) is 5.12. The summed E-state index contributed by atoms with van der Waals surface area (Å²) in [6.45, 7) is 0. The Morgan fingerprint density at radius 2 is 0.889 bits per heavy atom. The van der Waals surface area contributed by atoms with Crippen LogP contribution in [0.1, 0.15) is 23.3 Å². The molecule has 2 saturated heterocycles. The molecule has 0 N–H and O–H groups in total. The fraction of sp³-hybridized carbons (Fsp3) is 0.333. The Labute approximate surface area is 186 Å². The van der Waals surface area contributed by atoms with Gasteiger partial charge in [0, 0.05) is 0 Å². The number of epoxide rings is 2. The molecular formula is C18H12Cl6O3. The minimum Gasteiger partial charge on any atom is -0.356 e. The molecule has 3 nitrogen and oxygen atoms in total. The summed E-state index contributed by atoms with van der Waals surface area (Å²) >= 11 is 37.6. The van der Waals surface area contributed by atoms with E-state index in [-0.39, 0.29) is 0 Å². The molecule has 0 spiro atoms. The van der Waals surface area contributed by atoms with Gasteiger partial charge in [0.15, 0.2) is 0 Å². The minimum absolute atomic E-state index is 0.687. The first-order chi connectivity index (χ1) is 12.6. The molecular weight excluding hydrogens is 477 g/mol. The van der Waals surface area contributed by atoms with Gasteiger partial charge in [-0.15, -0.1) is 0 Å². The topological polar surface area (TPSA) is 34.3 Å². The molecule has 4 atom stereocenters. The summed E-state index contributed by atoms with van der Waals surface area (Å²) in [6, 6.07) is 18.3. The van der Waals surface area contributed by atoms with Crippen molar-refractivity contribution < 1.29 is 14.2 Å². The van der Waals surface area contributed by atoms with Gasteiger partial charge >= 0.3 is 0 Å². The monoisotopic (exact) mass is 486 g/mol. The molecule has 27 heavy (non-hydrogen) atoms. The van der Waals surface area contributed by atoms with Gasteiger partial charge < -0.3 is 14.2 Å². The Balaban J connectivity index is 1.74. The van der Waals surface area contributed by atoms with Gasteiger partial charge in [-0.05, 0) is 11.1 Å². The second-order valence-electron chi connectivity index (χ2n) is 6.25. The fourth-order valence-corrected chi connectivity index (χ4v) is 4.51. The lowest BCUT2D eigenvalue weighted by Crippen LogP contribution is -2.31. The van der Waals surface area contributed by atoms with Crippen LogP contribution in [-0.4, -0.2) is 19.2 Å². The summed E-state index contributed by atoms with van der Waals surface area (Å²) in [5.74, 6) is 0. The van der Waals surface area contributed by atoms with Crippen LogP contribution in [0.15, 0.2) is 60.7 Å². The summed E-state index contributed by atoms with van der Waals surface area (Å²) in [7, 11) is 0. The number of benzene rings is 2. The molecule has 2 aromatic rings. The lowest BCUT2D eigenvalue weighted by Gasteiger charge is -2.29. The highest BCUT2D eigenvalue weighted by Gasteiger charge is 2.77. The van der Waals surface area contributed by atoms with E-state index >= 15 is 0 Å². The SMILES string of the molecule is ClC1(Cl)OC1(Cl)C(OC(c1ccccc1)C1(Cl)OC1(Cl)Cl)c1ccccc1. The normalized spacial score (nSPS) is 32.5. The summed E-state index contributed by atoms with van der Waals surface area (Å²) in [5.41, 5.74) is 1.37. The average molecular weight is 489 g/mol. The van der Waals surface area contributed by atoms with Crippen molar-refractivity contribution in [2.24, 2.45) is 0 Å². The number of hydrogen-bond donors (Lipinski definition) is 0. The highest BCUT2D eigenvalue weighted by atomic mass is 35.5. The minimum atomic E-state index is -1.63. The quantitative estimate of drug-likeness (QED) is 0.336. The third-order valence-electron chi connectivity index (χ3n) is 4.42. The van der Waals surface area contributed by atoms with Crippen molar-refractivity contribution >= 4 is 69.6 Å². The lowest BCUT2D eigenvalue weighted by atomic mass is 10.0. The standard InChI is InChI=1S/C18H12Cl6O3/c19-15(17(21,22)26-15)13(11-7-3-1-4-8-11)25-14(12-9-5-2-6-10-12)16(20)18(23,24)27-16/h1-10,13-14H. The Bertz CT molecular complexity index is 764. The molecule has 2 aromatic carbocycles.